The van der Waals surface area contributed by atoms with E-state index in [0.29, 0.717) is 28.6 Å². The summed E-state index contributed by atoms with van der Waals surface area (Å²) < 4.78 is 21.8. The van der Waals surface area contributed by atoms with E-state index in [0.717, 1.165) is 11.1 Å². The Hall–Kier alpha value is -3.33. The van der Waals surface area contributed by atoms with Crippen molar-refractivity contribution in [1.29, 1.82) is 5.26 Å². The molecule has 2 N–H and O–H groups in total. The first-order valence-corrected chi connectivity index (χ1v) is 7.36. The van der Waals surface area contributed by atoms with Gasteiger partial charge in [-0.15, -0.1) is 0 Å². The summed E-state index contributed by atoms with van der Waals surface area (Å²) in [4.78, 5) is 0. The van der Waals surface area contributed by atoms with Gasteiger partial charge in [-0.2, -0.15) is 5.26 Å². The van der Waals surface area contributed by atoms with Gasteiger partial charge in [0.15, 0.2) is 11.5 Å². The molecule has 4 rings (SSSR count). The lowest BCUT2D eigenvalue weighted by molar-refractivity contribution is 0.174. The van der Waals surface area contributed by atoms with E-state index in [4.69, 9.17) is 24.7 Å². The average molecular weight is 322 g/mol. The molecule has 2 aromatic carbocycles. The largest absolute Gasteiger partial charge is 0.497 e. The van der Waals surface area contributed by atoms with Crippen LogP contribution in [0, 0.1) is 11.3 Å². The summed E-state index contributed by atoms with van der Waals surface area (Å²) in [6, 6.07) is 13.3. The molecule has 1 atom stereocenters. The summed E-state index contributed by atoms with van der Waals surface area (Å²) in [5, 5.41) is 9.58. The van der Waals surface area contributed by atoms with Crippen molar-refractivity contribution in [2.45, 2.75) is 5.92 Å². The van der Waals surface area contributed by atoms with Gasteiger partial charge in [-0.25, -0.2) is 0 Å². The molecule has 6 heteroatoms. The molecule has 0 aromatic heterocycles. The van der Waals surface area contributed by atoms with Gasteiger partial charge in [-0.1, -0.05) is 12.1 Å². The molecule has 0 radical (unpaired) electrons. The minimum Gasteiger partial charge on any atom is -0.497 e. The van der Waals surface area contributed by atoms with E-state index in [1.807, 2.05) is 30.3 Å². The monoisotopic (exact) mass is 322 g/mol. The molecule has 0 amide bonds. The van der Waals surface area contributed by atoms with Gasteiger partial charge in [-0.05, 0) is 23.8 Å². The van der Waals surface area contributed by atoms with Gasteiger partial charge in [-0.3, -0.25) is 0 Å². The number of rotatable bonds is 2. The molecule has 0 saturated heterocycles. The second kappa shape index (κ2) is 5.39. The topological polar surface area (TPSA) is 86.7 Å². The van der Waals surface area contributed by atoms with Crippen LogP contribution in [0.15, 0.2) is 47.9 Å². The Kier molecular flexibility index (Phi) is 3.21. The van der Waals surface area contributed by atoms with Crippen LogP contribution in [-0.2, 0) is 0 Å². The molecule has 24 heavy (non-hydrogen) atoms. The number of ether oxygens (including phenoxy) is 4. The van der Waals surface area contributed by atoms with Crippen LogP contribution in [0.3, 0.4) is 0 Å². The number of hydrogen-bond donors (Lipinski definition) is 1. The van der Waals surface area contributed by atoms with Crippen LogP contribution in [-0.4, -0.2) is 13.9 Å². The maximum Gasteiger partial charge on any atom is 0.231 e. The third-order valence-corrected chi connectivity index (χ3v) is 4.14. The van der Waals surface area contributed by atoms with Crippen LogP contribution >= 0.6 is 0 Å². The van der Waals surface area contributed by atoms with Gasteiger partial charge in [0.2, 0.25) is 12.7 Å². The van der Waals surface area contributed by atoms with E-state index in [1.165, 1.54) is 0 Å². The molecular weight excluding hydrogens is 308 g/mol. The van der Waals surface area contributed by atoms with Gasteiger partial charge in [0.1, 0.15) is 23.1 Å². The first-order valence-electron chi connectivity index (χ1n) is 7.36. The molecule has 6 nitrogen and oxygen atoms in total. The van der Waals surface area contributed by atoms with Crippen LogP contribution in [0.5, 0.6) is 23.0 Å². The highest BCUT2D eigenvalue weighted by atomic mass is 16.7. The zero-order valence-corrected chi connectivity index (χ0v) is 12.9. The van der Waals surface area contributed by atoms with E-state index in [9.17, 15) is 5.26 Å². The third kappa shape index (κ3) is 2.10. The number of hydrogen-bond acceptors (Lipinski definition) is 6. The fourth-order valence-electron chi connectivity index (χ4n) is 3.01. The predicted molar refractivity (Wildman–Crippen MR) is 84.9 cm³/mol. The zero-order chi connectivity index (χ0) is 16.7. The molecule has 2 aliphatic rings. The van der Waals surface area contributed by atoms with E-state index < -0.39 is 0 Å². The van der Waals surface area contributed by atoms with Crippen LogP contribution < -0.4 is 24.7 Å². The lowest BCUT2D eigenvalue weighted by Crippen LogP contribution is -2.21. The van der Waals surface area contributed by atoms with Gasteiger partial charge < -0.3 is 24.7 Å². The van der Waals surface area contributed by atoms with Crippen LogP contribution in [0.4, 0.5) is 0 Å². The van der Waals surface area contributed by atoms with Gasteiger partial charge in [0.25, 0.3) is 0 Å². The lowest BCUT2D eigenvalue weighted by atomic mass is 9.83. The highest BCUT2D eigenvalue weighted by Crippen LogP contribution is 2.48. The molecule has 2 heterocycles. The van der Waals surface area contributed by atoms with E-state index >= 15 is 0 Å². The summed E-state index contributed by atoms with van der Waals surface area (Å²) in [5.41, 5.74) is 8.03. The maximum absolute atomic E-state index is 9.58. The molecule has 120 valence electrons. The number of benzene rings is 2. The lowest BCUT2D eigenvalue weighted by Gasteiger charge is -2.26. The molecule has 0 fully saturated rings. The number of nitrogens with zero attached hydrogens (tertiary/aromatic N) is 1. The Balaban J connectivity index is 1.92. The molecular formula is C18H14N2O4. The highest BCUT2D eigenvalue weighted by molar-refractivity contribution is 5.61. The standard InChI is InChI=1S/C18H14N2O4/c1-21-11-4-2-3-10(5-11)17-12-6-15-16(23-9-22-15)7-14(12)24-18(20)13(17)8-19/h2-7,17H,9,20H2,1H3. The molecule has 0 aliphatic carbocycles. The molecule has 2 aromatic rings. The molecule has 0 spiro atoms. The number of nitrogens with two attached hydrogens (primary N) is 1. The Morgan fingerprint density at radius 1 is 1.17 bits per heavy atom. The van der Waals surface area contributed by atoms with Crippen molar-refractivity contribution < 1.29 is 18.9 Å². The summed E-state index contributed by atoms with van der Waals surface area (Å²) >= 11 is 0. The van der Waals surface area contributed by atoms with Crippen molar-refractivity contribution in [3.63, 3.8) is 0 Å². The molecule has 0 bridgehead atoms. The normalized spacial score (nSPS) is 17.8. The fourth-order valence-corrected chi connectivity index (χ4v) is 3.01. The van der Waals surface area contributed by atoms with Crippen molar-refractivity contribution in [2.75, 3.05) is 13.9 Å². The van der Waals surface area contributed by atoms with Crippen molar-refractivity contribution >= 4 is 0 Å². The zero-order valence-electron chi connectivity index (χ0n) is 12.9. The van der Waals surface area contributed by atoms with Crippen molar-refractivity contribution in [2.24, 2.45) is 5.73 Å². The Morgan fingerprint density at radius 2 is 1.96 bits per heavy atom. The molecule has 1 unspecified atom stereocenters. The van der Waals surface area contributed by atoms with Crippen LogP contribution in [0.2, 0.25) is 0 Å². The van der Waals surface area contributed by atoms with Crippen molar-refractivity contribution in [3.05, 3.63) is 59.0 Å². The first kappa shape index (κ1) is 14.3. The summed E-state index contributed by atoms with van der Waals surface area (Å²) in [6.07, 6.45) is 0. The minimum absolute atomic E-state index is 0.0942. The third-order valence-electron chi connectivity index (χ3n) is 4.14. The first-order chi connectivity index (χ1) is 11.7. The van der Waals surface area contributed by atoms with Crippen LogP contribution in [0.1, 0.15) is 17.0 Å². The second-order valence-corrected chi connectivity index (χ2v) is 5.44. The number of allylic oxidation sites excluding steroid dienone is 1. The van der Waals surface area contributed by atoms with Crippen LogP contribution in [0.25, 0.3) is 0 Å². The summed E-state index contributed by atoms with van der Waals surface area (Å²) in [6.45, 7) is 0.163. The Labute approximate surface area is 138 Å². The van der Waals surface area contributed by atoms with Gasteiger partial charge in [0, 0.05) is 11.6 Å². The average Bonchev–Trinajstić information content (AvgIpc) is 3.06. The summed E-state index contributed by atoms with van der Waals surface area (Å²) in [5.74, 6) is 2.23. The second-order valence-electron chi connectivity index (χ2n) is 5.44. The predicted octanol–water partition coefficient (Wildman–Crippen LogP) is 2.64. The smallest absolute Gasteiger partial charge is 0.231 e. The number of methoxy groups -OCH3 is 1. The van der Waals surface area contributed by atoms with Gasteiger partial charge >= 0.3 is 0 Å². The number of nitriles is 1. The minimum atomic E-state index is -0.358. The fraction of sp³-hybridized carbons (Fsp3) is 0.167. The maximum atomic E-state index is 9.58. The van der Waals surface area contributed by atoms with E-state index in [1.54, 1.807) is 13.2 Å². The highest BCUT2D eigenvalue weighted by Gasteiger charge is 2.33. The van der Waals surface area contributed by atoms with E-state index in [2.05, 4.69) is 6.07 Å². The van der Waals surface area contributed by atoms with E-state index in [-0.39, 0.29) is 18.6 Å². The van der Waals surface area contributed by atoms with Gasteiger partial charge in [0.05, 0.1) is 13.0 Å². The van der Waals surface area contributed by atoms with Crippen molar-refractivity contribution in [3.8, 4) is 29.1 Å². The Morgan fingerprint density at radius 3 is 2.71 bits per heavy atom. The molecule has 0 saturated carbocycles. The Bertz CT molecular complexity index is 898. The molecule has 2 aliphatic heterocycles. The SMILES string of the molecule is COc1cccc(C2C(C#N)=C(N)Oc3cc4c(cc32)OCO4)c1. The van der Waals surface area contributed by atoms with Crippen molar-refractivity contribution in [1.82, 2.24) is 0 Å². The number of fused-ring (bicyclic) bond motifs is 2. The summed E-state index contributed by atoms with van der Waals surface area (Å²) in [7, 11) is 1.60. The quantitative estimate of drug-likeness (QED) is 0.914.